The third kappa shape index (κ3) is 4.19. The lowest BCUT2D eigenvalue weighted by molar-refractivity contribution is 0.228. The van der Waals surface area contributed by atoms with Crippen molar-refractivity contribution >= 4 is 34.4 Å². The number of thiophene rings is 2. The Morgan fingerprint density at radius 3 is 2.61 bits per heavy atom. The van der Waals surface area contributed by atoms with Crippen molar-refractivity contribution < 1.29 is 9.90 Å². The van der Waals surface area contributed by atoms with Crippen LogP contribution in [0.25, 0.3) is 0 Å². The van der Waals surface area contributed by atoms with Crippen molar-refractivity contribution in [3.05, 3.63) is 74.6 Å². The zero-order valence-corrected chi connectivity index (χ0v) is 13.9. The number of urea groups is 1. The first kappa shape index (κ1) is 15.7. The molecule has 0 fully saturated rings. The third-order valence-electron chi connectivity index (χ3n) is 3.22. The van der Waals surface area contributed by atoms with Gasteiger partial charge in [0, 0.05) is 20.3 Å². The van der Waals surface area contributed by atoms with Gasteiger partial charge < -0.3 is 15.7 Å². The standard InChI is InChI=1S/C17H16N2O2S2/c20-16(14-7-4-10-22-14)15-9-8-13(23-15)11-18-17(21)19-12-5-2-1-3-6-12/h1-10,16,20H,11H2,(H2,18,19,21). The Morgan fingerprint density at radius 1 is 1.04 bits per heavy atom. The van der Waals surface area contributed by atoms with Crippen molar-refractivity contribution in [1.82, 2.24) is 5.32 Å². The van der Waals surface area contributed by atoms with Gasteiger partial charge in [0.15, 0.2) is 0 Å². The molecule has 0 aliphatic heterocycles. The maximum absolute atomic E-state index is 11.8. The number of nitrogens with one attached hydrogen (secondary N) is 2. The molecule has 0 spiro atoms. The normalized spacial score (nSPS) is 11.9. The van der Waals surface area contributed by atoms with Gasteiger partial charge in [0.1, 0.15) is 6.10 Å². The van der Waals surface area contributed by atoms with E-state index in [-0.39, 0.29) is 6.03 Å². The van der Waals surface area contributed by atoms with Crippen molar-refractivity contribution in [1.29, 1.82) is 0 Å². The monoisotopic (exact) mass is 344 g/mol. The average Bonchev–Trinajstić information content (AvgIpc) is 3.25. The Morgan fingerprint density at radius 2 is 1.87 bits per heavy atom. The Hall–Kier alpha value is -2.15. The van der Waals surface area contributed by atoms with Gasteiger partial charge in [-0.25, -0.2) is 4.79 Å². The van der Waals surface area contributed by atoms with E-state index in [2.05, 4.69) is 10.6 Å². The summed E-state index contributed by atoms with van der Waals surface area (Å²) in [6, 6.07) is 16.7. The van der Waals surface area contributed by atoms with E-state index in [1.54, 1.807) is 0 Å². The maximum Gasteiger partial charge on any atom is 0.319 e. The molecule has 1 atom stereocenters. The van der Waals surface area contributed by atoms with Crippen LogP contribution >= 0.6 is 22.7 Å². The molecule has 6 heteroatoms. The van der Waals surface area contributed by atoms with Gasteiger partial charge in [-0.1, -0.05) is 24.3 Å². The van der Waals surface area contributed by atoms with E-state index in [1.807, 2.05) is 60.0 Å². The Bertz CT molecular complexity index is 754. The first-order chi connectivity index (χ1) is 11.2. The number of para-hydroxylation sites is 1. The van der Waals surface area contributed by atoms with Crippen molar-refractivity contribution in [2.45, 2.75) is 12.6 Å². The average molecular weight is 344 g/mol. The van der Waals surface area contributed by atoms with Crippen LogP contribution in [0.3, 0.4) is 0 Å². The predicted molar refractivity (Wildman–Crippen MR) is 95.0 cm³/mol. The van der Waals surface area contributed by atoms with Crippen molar-refractivity contribution in [2.24, 2.45) is 0 Å². The van der Waals surface area contributed by atoms with Crippen LogP contribution in [0.2, 0.25) is 0 Å². The largest absolute Gasteiger partial charge is 0.382 e. The number of aliphatic hydroxyl groups is 1. The number of anilines is 1. The summed E-state index contributed by atoms with van der Waals surface area (Å²) in [6.07, 6.45) is -0.591. The second-order valence-electron chi connectivity index (χ2n) is 4.90. The van der Waals surface area contributed by atoms with E-state index in [4.69, 9.17) is 0 Å². The zero-order chi connectivity index (χ0) is 16.1. The molecule has 2 amide bonds. The Balaban J connectivity index is 1.54. The molecule has 2 heterocycles. The summed E-state index contributed by atoms with van der Waals surface area (Å²) in [6.45, 7) is 0.431. The molecule has 4 nitrogen and oxygen atoms in total. The van der Waals surface area contributed by atoms with E-state index in [1.165, 1.54) is 22.7 Å². The zero-order valence-electron chi connectivity index (χ0n) is 12.2. The molecule has 0 saturated carbocycles. The van der Waals surface area contributed by atoms with E-state index in [9.17, 15) is 9.90 Å². The summed E-state index contributed by atoms with van der Waals surface area (Å²) in [7, 11) is 0. The smallest absolute Gasteiger partial charge is 0.319 e. The molecule has 3 N–H and O–H groups in total. The molecule has 1 unspecified atom stereocenters. The molecule has 2 aromatic heterocycles. The molecule has 118 valence electrons. The van der Waals surface area contributed by atoms with Crippen molar-refractivity contribution in [2.75, 3.05) is 5.32 Å². The van der Waals surface area contributed by atoms with Crippen LogP contribution in [-0.2, 0) is 6.54 Å². The first-order valence-corrected chi connectivity index (χ1v) is 8.82. The van der Waals surface area contributed by atoms with E-state index >= 15 is 0 Å². The fourth-order valence-electron chi connectivity index (χ4n) is 2.09. The summed E-state index contributed by atoms with van der Waals surface area (Å²) in [5.74, 6) is 0. The molecule has 3 aromatic rings. The minimum absolute atomic E-state index is 0.245. The van der Waals surface area contributed by atoms with Crippen LogP contribution in [-0.4, -0.2) is 11.1 Å². The van der Waals surface area contributed by atoms with Gasteiger partial charge in [-0.3, -0.25) is 0 Å². The lowest BCUT2D eigenvalue weighted by Crippen LogP contribution is -2.27. The van der Waals surface area contributed by atoms with Crippen LogP contribution in [0.4, 0.5) is 10.5 Å². The highest BCUT2D eigenvalue weighted by molar-refractivity contribution is 7.12. The third-order valence-corrected chi connectivity index (χ3v) is 5.28. The number of benzene rings is 1. The molecular weight excluding hydrogens is 328 g/mol. The molecule has 23 heavy (non-hydrogen) atoms. The minimum Gasteiger partial charge on any atom is -0.382 e. The van der Waals surface area contributed by atoms with Crippen LogP contribution in [0.15, 0.2) is 60.0 Å². The summed E-state index contributed by atoms with van der Waals surface area (Å²) >= 11 is 3.03. The van der Waals surface area contributed by atoms with Gasteiger partial charge in [0.2, 0.25) is 0 Å². The van der Waals surface area contributed by atoms with Gasteiger partial charge in [-0.2, -0.15) is 0 Å². The summed E-state index contributed by atoms with van der Waals surface area (Å²) < 4.78 is 0. The summed E-state index contributed by atoms with van der Waals surface area (Å²) in [5, 5.41) is 17.8. The highest BCUT2D eigenvalue weighted by Gasteiger charge is 2.14. The number of aliphatic hydroxyl groups excluding tert-OH is 1. The lowest BCUT2D eigenvalue weighted by atomic mass is 10.2. The molecule has 0 saturated heterocycles. The molecule has 0 bridgehead atoms. The number of rotatable bonds is 5. The fraction of sp³-hybridized carbons (Fsp3) is 0.118. The van der Waals surface area contributed by atoms with Crippen LogP contribution < -0.4 is 10.6 Å². The van der Waals surface area contributed by atoms with Crippen LogP contribution in [0.5, 0.6) is 0 Å². The molecule has 0 aliphatic rings. The number of amides is 2. The second-order valence-corrected chi connectivity index (χ2v) is 7.07. The molecule has 1 aromatic carbocycles. The SMILES string of the molecule is O=C(NCc1ccc(C(O)c2cccs2)s1)Nc1ccccc1. The first-order valence-electron chi connectivity index (χ1n) is 7.12. The van der Waals surface area contributed by atoms with Gasteiger partial charge in [-0.15, -0.1) is 22.7 Å². The van der Waals surface area contributed by atoms with Crippen molar-refractivity contribution in [3.8, 4) is 0 Å². The highest BCUT2D eigenvalue weighted by Crippen LogP contribution is 2.30. The van der Waals surface area contributed by atoms with Gasteiger partial charge >= 0.3 is 6.03 Å². The predicted octanol–water partition coefficient (Wildman–Crippen LogP) is 4.21. The Kier molecular flexibility index (Phi) is 5.07. The quantitative estimate of drug-likeness (QED) is 0.649. The highest BCUT2D eigenvalue weighted by atomic mass is 32.1. The Labute approximate surface area is 142 Å². The molecule has 0 radical (unpaired) electrons. The van der Waals surface area contributed by atoms with Crippen LogP contribution in [0.1, 0.15) is 20.7 Å². The van der Waals surface area contributed by atoms with Crippen molar-refractivity contribution in [3.63, 3.8) is 0 Å². The summed E-state index contributed by atoms with van der Waals surface area (Å²) in [4.78, 5) is 14.7. The van der Waals surface area contributed by atoms with E-state index in [0.717, 1.165) is 20.3 Å². The number of hydrogen-bond donors (Lipinski definition) is 3. The molecule has 0 aliphatic carbocycles. The van der Waals surface area contributed by atoms with E-state index < -0.39 is 6.10 Å². The van der Waals surface area contributed by atoms with Gasteiger partial charge in [0.25, 0.3) is 0 Å². The maximum atomic E-state index is 11.8. The number of hydrogen-bond acceptors (Lipinski definition) is 4. The molecule has 3 rings (SSSR count). The minimum atomic E-state index is -0.591. The molecular formula is C17H16N2O2S2. The summed E-state index contributed by atoms with van der Waals surface area (Å²) in [5.41, 5.74) is 0.755. The van der Waals surface area contributed by atoms with Gasteiger partial charge in [-0.05, 0) is 35.7 Å². The van der Waals surface area contributed by atoms with E-state index in [0.29, 0.717) is 6.54 Å². The number of carbonyl (C=O) groups excluding carboxylic acids is 1. The van der Waals surface area contributed by atoms with Crippen LogP contribution in [0, 0.1) is 0 Å². The topological polar surface area (TPSA) is 61.4 Å². The number of carbonyl (C=O) groups is 1. The lowest BCUT2D eigenvalue weighted by Gasteiger charge is -2.07. The second kappa shape index (κ2) is 7.41. The van der Waals surface area contributed by atoms with Gasteiger partial charge in [0.05, 0.1) is 6.54 Å². The fourth-order valence-corrected chi connectivity index (χ4v) is 3.85.